The summed E-state index contributed by atoms with van der Waals surface area (Å²) in [5.41, 5.74) is 0. The maximum atomic E-state index is 9.01. The fraction of sp³-hybridized carbons (Fsp3) is 0. The van der Waals surface area contributed by atoms with E-state index in [0.717, 1.165) is 0 Å². The van der Waals surface area contributed by atoms with E-state index in [1.807, 2.05) is 0 Å². The predicted octanol–water partition coefficient (Wildman–Crippen LogP) is -2.05. The van der Waals surface area contributed by atoms with Crippen molar-refractivity contribution in [2.24, 2.45) is 0 Å². The van der Waals surface area contributed by atoms with Crippen LogP contribution >= 0.6 is 11.9 Å². The van der Waals surface area contributed by atoms with Gasteiger partial charge in [0.2, 0.25) is 0 Å². The van der Waals surface area contributed by atoms with Gasteiger partial charge < -0.3 is 10.8 Å². The van der Waals surface area contributed by atoms with Crippen LogP contribution in [0, 0.1) is 0 Å². The van der Waals surface area contributed by atoms with E-state index in [1.165, 1.54) is 0 Å². The minimum Gasteiger partial charge on any atom is -1.00 e. The Kier molecular flexibility index (Phi) is 10.6. The zero-order chi connectivity index (χ0) is 4.28. The van der Waals surface area contributed by atoms with Gasteiger partial charge in [0, 0.05) is 0 Å². The Hall–Kier alpha value is 1.20. The molecule has 0 saturated carbocycles. The molecule has 0 fully saturated rings. The van der Waals surface area contributed by atoms with E-state index in [4.69, 9.17) is 9.90 Å². The van der Waals surface area contributed by atoms with Crippen molar-refractivity contribution < 1.29 is 67.0 Å². The fourth-order valence-corrected chi connectivity index (χ4v) is 0. The minimum atomic E-state index is -1.48. The third-order valence-corrected chi connectivity index (χ3v) is 0.198. The molecule has 0 radical (unpaired) electrons. The van der Waals surface area contributed by atoms with Crippen LogP contribution in [-0.2, 0) is 4.29 Å². The molecule has 0 aromatic heterocycles. The van der Waals surface area contributed by atoms with Gasteiger partial charge in [-0.25, -0.2) is 4.79 Å². The van der Waals surface area contributed by atoms with Crippen LogP contribution in [0.4, 0.5) is 4.79 Å². The number of hydrogen-bond donors (Lipinski definition) is 1. The van der Waals surface area contributed by atoms with Gasteiger partial charge in [-0.1, -0.05) is 0 Å². The summed E-state index contributed by atoms with van der Waals surface area (Å²) < 4.78 is 3.14. The molecule has 0 aromatic carbocycles. The van der Waals surface area contributed by atoms with Crippen molar-refractivity contribution in [3.63, 3.8) is 0 Å². The van der Waals surface area contributed by atoms with Crippen molar-refractivity contribution in [3.05, 3.63) is 0 Å². The Balaban J connectivity index is -0.0000000800. The van der Waals surface area contributed by atoms with Gasteiger partial charge in [-0.3, -0.25) is 0 Å². The molecule has 32 valence electrons. The van der Waals surface area contributed by atoms with Crippen molar-refractivity contribution in [1.29, 1.82) is 0 Å². The summed E-state index contributed by atoms with van der Waals surface area (Å²) in [7, 11) is 0. The van der Waals surface area contributed by atoms with Crippen molar-refractivity contribution in [2.75, 3.05) is 0 Å². The van der Waals surface area contributed by atoms with E-state index in [0.29, 0.717) is 0 Å². The predicted molar refractivity (Wildman–Crippen MR) is 16.1 cm³/mol. The van der Waals surface area contributed by atoms with Crippen molar-refractivity contribution in [1.82, 2.24) is 0 Å². The van der Waals surface area contributed by atoms with Gasteiger partial charge in [-0.2, -0.15) is 0 Å². The molecule has 5 heteroatoms. The third-order valence-electron chi connectivity index (χ3n) is 0.0660. The van der Waals surface area contributed by atoms with Gasteiger partial charge in [0.15, 0.2) is 0 Å². The van der Waals surface area contributed by atoms with Crippen LogP contribution in [0.15, 0.2) is 0 Å². The Morgan fingerprint density at radius 3 is 2.17 bits per heavy atom. The second kappa shape index (κ2) is 6.20. The molecule has 0 aromatic rings. The summed E-state index contributed by atoms with van der Waals surface area (Å²) >= 11 is 4.24. The van der Waals surface area contributed by atoms with Crippen LogP contribution in [-0.4, -0.2) is 11.3 Å². The first-order valence-corrected chi connectivity index (χ1v) is 1.09. The van der Waals surface area contributed by atoms with E-state index < -0.39 is 6.16 Å². The maximum absolute atomic E-state index is 9.01. The molecule has 6 heavy (non-hydrogen) atoms. The molecule has 0 amide bonds. The molecule has 0 spiro atoms. The smallest absolute Gasteiger partial charge is 1.00 e. The molecule has 1 N–H and O–H groups in total. The van der Waals surface area contributed by atoms with Crippen molar-refractivity contribution >= 4 is 18.0 Å². The topological polar surface area (TPSA) is 46.5 Å². The summed E-state index contributed by atoms with van der Waals surface area (Å²) in [6.07, 6.45) is -1.48. The molecule has 0 aliphatic carbocycles. The van der Waals surface area contributed by atoms with Crippen molar-refractivity contribution in [2.45, 2.75) is 0 Å². The van der Waals surface area contributed by atoms with Gasteiger partial charge in [0.05, 0.1) is 0 Å². The molecule has 0 heterocycles. The Bertz CT molecular complexity index is 50.2. The monoisotopic (exact) mass is 136 g/mol. The molecule has 0 rings (SSSR count). The summed E-state index contributed by atoms with van der Waals surface area (Å²) in [6, 6.07) is 0. The average molecular weight is 137 g/mol. The van der Waals surface area contributed by atoms with Gasteiger partial charge in [-0.05, 0) is 0 Å². The van der Waals surface area contributed by atoms with Crippen LogP contribution < -0.4 is 51.4 Å². The standard InChI is InChI=1S/CHClO3.K.H/c2-5-1(3)4;;/h(H,3,4);;/q;+1;-1. The zero-order valence-electron chi connectivity index (χ0n) is 4.14. The van der Waals surface area contributed by atoms with Gasteiger partial charge in [0.25, 0.3) is 0 Å². The molecule has 3 nitrogen and oxygen atoms in total. The summed E-state index contributed by atoms with van der Waals surface area (Å²) in [4.78, 5) is 9.01. The molecular weight excluding hydrogens is 135 g/mol. The van der Waals surface area contributed by atoms with Gasteiger partial charge >= 0.3 is 57.5 Å². The zero-order valence-corrected chi connectivity index (χ0v) is 7.02. The largest absolute Gasteiger partial charge is 1.00 e. The molecule has 0 aliphatic heterocycles. The Labute approximate surface area is 83.7 Å². The minimum absolute atomic E-state index is 0. The summed E-state index contributed by atoms with van der Waals surface area (Å²) in [5, 5.41) is 7.37. The Morgan fingerprint density at radius 1 is 2.00 bits per heavy atom. The molecule has 0 atom stereocenters. The van der Waals surface area contributed by atoms with Gasteiger partial charge in [0.1, 0.15) is 11.9 Å². The van der Waals surface area contributed by atoms with Crippen LogP contribution in [0.5, 0.6) is 0 Å². The van der Waals surface area contributed by atoms with E-state index in [2.05, 4.69) is 16.2 Å². The number of halogens is 1. The number of hydrogen-bond acceptors (Lipinski definition) is 2. The number of carbonyl (C=O) groups is 1. The SMILES string of the molecule is O=C(O)OCl.[H-].[K+]. The van der Waals surface area contributed by atoms with E-state index in [-0.39, 0.29) is 52.8 Å². The fourth-order valence-electron chi connectivity index (χ4n) is 0. The van der Waals surface area contributed by atoms with Crippen LogP contribution in [0.2, 0.25) is 0 Å². The van der Waals surface area contributed by atoms with E-state index in [1.54, 1.807) is 0 Å². The second-order valence-corrected chi connectivity index (χ2v) is 0.497. The number of rotatable bonds is 0. The quantitative estimate of drug-likeness (QED) is 0.390. The summed E-state index contributed by atoms with van der Waals surface area (Å²) in [5.74, 6) is 0. The van der Waals surface area contributed by atoms with E-state index >= 15 is 0 Å². The first kappa shape index (κ1) is 10.2. The Morgan fingerprint density at radius 2 is 2.17 bits per heavy atom. The van der Waals surface area contributed by atoms with Crippen LogP contribution in [0.1, 0.15) is 1.43 Å². The first-order chi connectivity index (χ1) is 2.27. The van der Waals surface area contributed by atoms with E-state index in [9.17, 15) is 0 Å². The molecule has 0 bridgehead atoms. The molecule has 0 unspecified atom stereocenters. The average Bonchev–Trinajstić information content (AvgIpc) is 1.38. The van der Waals surface area contributed by atoms with Crippen LogP contribution in [0.3, 0.4) is 0 Å². The molecule has 0 aliphatic rings. The molecule has 0 saturated heterocycles. The van der Waals surface area contributed by atoms with Gasteiger partial charge in [-0.15, -0.1) is 0 Å². The first-order valence-electron chi connectivity index (χ1n) is 0.786. The van der Waals surface area contributed by atoms with Crippen molar-refractivity contribution in [3.8, 4) is 0 Å². The number of carboxylic acid groups (broad SMARTS) is 1. The normalized spacial score (nSPS) is 5.50. The maximum Gasteiger partial charge on any atom is 1.00 e. The third kappa shape index (κ3) is 8.96. The second-order valence-electron chi connectivity index (χ2n) is 0.343. The molecular formula is CH2ClKO3. The summed E-state index contributed by atoms with van der Waals surface area (Å²) in [6.45, 7) is 0. The van der Waals surface area contributed by atoms with Crippen LogP contribution in [0.25, 0.3) is 0 Å².